The Morgan fingerprint density at radius 3 is 2.72 bits per heavy atom. The Morgan fingerprint density at radius 2 is 2.04 bits per heavy atom. The normalized spacial score (nSPS) is 10.7. The lowest BCUT2D eigenvalue weighted by molar-refractivity contribution is 0.0525. The number of hydrogen-bond donors (Lipinski definition) is 0. The first kappa shape index (κ1) is 16.6. The van der Waals surface area contributed by atoms with Crippen LogP contribution in [0.25, 0.3) is 16.9 Å². The predicted octanol–water partition coefficient (Wildman–Crippen LogP) is 1.51. The minimum absolute atomic E-state index is 0.227. The molecule has 0 aliphatic carbocycles. The van der Waals surface area contributed by atoms with Crippen LogP contribution in [0.15, 0.2) is 41.7 Å². The highest BCUT2D eigenvalue weighted by atomic mass is 16.5. The summed E-state index contributed by atoms with van der Waals surface area (Å²) < 4.78 is 8.03. The molecule has 3 aromatic heterocycles. The van der Waals surface area contributed by atoms with Crippen molar-refractivity contribution < 1.29 is 9.53 Å². The van der Waals surface area contributed by atoms with E-state index >= 15 is 0 Å². The first-order valence-corrected chi connectivity index (χ1v) is 7.72. The van der Waals surface area contributed by atoms with E-state index in [0.29, 0.717) is 16.8 Å². The van der Waals surface area contributed by atoms with Crippen LogP contribution in [-0.2, 0) is 11.8 Å². The minimum atomic E-state index is -0.473. The molecule has 25 heavy (non-hydrogen) atoms. The number of aryl methyl sites for hydroxylation is 2. The zero-order valence-corrected chi connectivity index (χ0v) is 14.1. The second-order valence-corrected chi connectivity index (χ2v) is 5.48. The molecule has 0 aliphatic heterocycles. The largest absolute Gasteiger partial charge is 0.462 e. The smallest absolute Gasteiger partial charge is 0.339 e. The molecule has 0 spiro atoms. The third kappa shape index (κ3) is 3.18. The second kappa shape index (κ2) is 6.68. The zero-order valence-electron chi connectivity index (χ0n) is 14.1. The summed E-state index contributed by atoms with van der Waals surface area (Å²) in [6, 6.07) is 3.32. The lowest BCUT2D eigenvalue weighted by atomic mass is 10.2. The number of ether oxygens (including phenoxy) is 1. The van der Waals surface area contributed by atoms with Crippen molar-refractivity contribution >= 4 is 5.97 Å². The van der Waals surface area contributed by atoms with E-state index in [1.165, 1.54) is 16.8 Å². The standard InChI is InChI=1S/C17H17N5O3/c1-4-25-17(24)13-5-11(2)16(23)22(10-13)14-6-12(7-18-8-14)15-9-19-20-21(15)3/h5-10H,4H2,1-3H3. The highest BCUT2D eigenvalue weighted by molar-refractivity contribution is 5.89. The van der Waals surface area contributed by atoms with Crippen molar-refractivity contribution in [1.29, 1.82) is 0 Å². The van der Waals surface area contributed by atoms with Gasteiger partial charge in [-0.15, -0.1) is 5.10 Å². The molecular weight excluding hydrogens is 322 g/mol. The summed E-state index contributed by atoms with van der Waals surface area (Å²) in [6.07, 6.45) is 6.30. The Hall–Kier alpha value is -3.29. The summed E-state index contributed by atoms with van der Waals surface area (Å²) in [7, 11) is 1.77. The first-order chi connectivity index (χ1) is 12.0. The van der Waals surface area contributed by atoms with E-state index in [1.54, 1.807) is 50.2 Å². The van der Waals surface area contributed by atoms with Gasteiger partial charge in [0.2, 0.25) is 0 Å². The van der Waals surface area contributed by atoms with Crippen LogP contribution in [0.2, 0.25) is 0 Å². The van der Waals surface area contributed by atoms with E-state index in [4.69, 9.17) is 4.74 Å². The van der Waals surface area contributed by atoms with Gasteiger partial charge in [-0.1, -0.05) is 5.21 Å². The minimum Gasteiger partial charge on any atom is -0.462 e. The summed E-state index contributed by atoms with van der Waals surface area (Å²) in [4.78, 5) is 28.7. The fraction of sp³-hybridized carbons (Fsp3) is 0.235. The third-order valence-corrected chi connectivity index (χ3v) is 3.72. The van der Waals surface area contributed by atoms with Crippen molar-refractivity contribution in [1.82, 2.24) is 24.5 Å². The highest BCUT2D eigenvalue weighted by Gasteiger charge is 2.13. The Labute approximate surface area is 143 Å². The lowest BCUT2D eigenvalue weighted by Crippen LogP contribution is -2.22. The van der Waals surface area contributed by atoms with Crippen molar-refractivity contribution in [2.75, 3.05) is 6.61 Å². The van der Waals surface area contributed by atoms with Gasteiger partial charge in [-0.2, -0.15) is 0 Å². The zero-order chi connectivity index (χ0) is 18.0. The number of hydrogen-bond acceptors (Lipinski definition) is 6. The van der Waals surface area contributed by atoms with Crippen molar-refractivity contribution in [3.05, 3.63) is 58.4 Å². The molecule has 8 heteroatoms. The average Bonchev–Trinajstić information content (AvgIpc) is 3.03. The van der Waals surface area contributed by atoms with Gasteiger partial charge in [0.15, 0.2) is 0 Å². The highest BCUT2D eigenvalue weighted by Crippen LogP contribution is 2.19. The van der Waals surface area contributed by atoms with Gasteiger partial charge in [-0.05, 0) is 26.0 Å². The van der Waals surface area contributed by atoms with Gasteiger partial charge in [0.05, 0.1) is 35.9 Å². The maximum absolute atomic E-state index is 12.5. The Bertz CT molecular complexity index is 990. The summed E-state index contributed by atoms with van der Waals surface area (Å²) >= 11 is 0. The Balaban J connectivity index is 2.12. The molecule has 0 saturated carbocycles. The van der Waals surface area contributed by atoms with Gasteiger partial charge < -0.3 is 4.74 Å². The van der Waals surface area contributed by atoms with E-state index in [2.05, 4.69) is 15.3 Å². The van der Waals surface area contributed by atoms with Crippen molar-refractivity contribution in [2.45, 2.75) is 13.8 Å². The molecule has 128 valence electrons. The van der Waals surface area contributed by atoms with Gasteiger partial charge in [0, 0.05) is 30.6 Å². The Kier molecular flexibility index (Phi) is 4.42. The molecule has 0 N–H and O–H groups in total. The molecule has 0 amide bonds. The van der Waals surface area contributed by atoms with Crippen LogP contribution in [0.5, 0.6) is 0 Å². The maximum Gasteiger partial charge on any atom is 0.339 e. The lowest BCUT2D eigenvalue weighted by Gasteiger charge is -2.11. The van der Waals surface area contributed by atoms with Gasteiger partial charge in [0.25, 0.3) is 5.56 Å². The monoisotopic (exact) mass is 339 g/mol. The average molecular weight is 339 g/mol. The molecule has 0 radical (unpaired) electrons. The molecule has 3 rings (SSSR count). The van der Waals surface area contributed by atoms with Crippen molar-refractivity contribution in [3.8, 4) is 16.9 Å². The SMILES string of the molecule is CCOC(=O)c1cc(C)c(=O)n(-c2cncc(-c3cnnn3C)c2)c1. The van der Waals surface area contributed by atoms with Crippen LogP contribution in [0, 0.1) is 6.92 Å². The van der Waals surface area contributed by atoms with Crippen LogP contribution in [0.3, 0.4) is 0 Å². The van der Waals surface area contributed by atoms with Crippen LogP contribution in [0.1, 0.15) is 22.8 Å². The fourth-order valence-corrected chi connectivity index (χ4v) is 2.49. The first-order valence-electron chi connectivity index (χ1n) is 7.72. The summed E-state index contributed by atoms with van der Waals surface area (Å²) in [5.41, 5.74) is 2.59. The number of aromatic nitrogens is 5. The van der Waals surface area contributed by atoms with Crippen molar-refractivity contribution in [2.24, 2.45) is 7.05 Å². The maximum atomic E-state index is 12.5. The third-order valence-electron chi connectivity index (χ3n) is 3.72. The van der Waals surface area contributed by atoms with E-state index in [0.717, 1.165) is 11.3 Å². The molecular formula is C17H17N5O3. The number of carbonyl (C=O) groups excluding carboxylic acids is 1. The van der Waals surface area contributed by atoms with Crippen LogP contribution >= 0.6 is 0 Å². The van der Waals surface area contributed by atoms with Crippen LogP contribution in [-0.4, -0.2) is 37.1 Å². The predicted molar refractivity (Wildman–Crippen MR) is 90.5 cm³/mol. The number of nitrogens with zero attached hydrogens (tertiary/aromatic N) is 5. The molecule has 0 unspecified atom stereocenters. The second-order valence-electron chi connectivity index (χ2n) is 5.48. The van der Waals surface area contributed by atoms with Gasteiger partial charge in [-0.3, -0.25) is 14.3 Å². The van der Waals surface area contributed by atoms with E-state index in [-0.39, 0.29) is 12.2 Å². The molecule has 0 aromatic carbocycles. The van der Waals surface area contributed by atoms with Crippen molar-refractivity contribution in [3.63, 3.8) is 0 Å². The summed E-state index contributed by atoms with van der Waals surface area (Å²) in [5.74, 6) is -0.473. The molecule has 0 aliphatic rings. The van der Waals surface area contributed by atoms with Crippen LogP contribution < -0.4 is 5.56 Å². The number of rotatable bonds is 4. The van der Waals surface area contributed by atoms with Gasteiger partial charge in [-0.25, -0.2) is 9.48 Å². The number of pyridine rings is 2. The summed E-state index contributed by atoms with van der Waals surface area (Å²) in [6.45, 7) is 3.65. The molecule has 0 fully saturated rings. The molecule has 0 atom stereocenters. The molecule has 3 aromatic rings. The van der Waals surface area contributed by atoms with E-state index in [1.807, 2.05) is 0 Å². The van der Waals surface area contributed by atoms with E-state index < -0.39 is 5.97 Å². The number of esters is 1. The Morgan fingerprint density at radius 1 is 1.24 bits per heavy atom. The molecule has 8 nitrogen and oxygen atoms in total. The quantitative estimate of drug-likeness (QED) is 0.669. The van der Waals surface area contributed by atoms with E-state index in [9.17, 15) is 9.59 Å². The van der Waals surface area contributed by atoms with Crippen LogP contribution in [0.4, 0.5) is 0 Å². The van der Waals surface area contributed by atoms with Gasteiger partial charge >= 0.3 is 5.97 Å². The molecule has 0 saturated heterocycles. The topological polar surface area (TPSA) is 91.9 Å². The molecule has 3 heterocycles. The fourth-order valence-electron chi connectivity index (χ4n) is 2.49. The number of carbonyl (C=O) groups is 1. The summed E-state index contributed by atoms with van der Waals surface area (Å²) in [5, 5.41) is 7.74. The van der Waals surface area contributed by atoms with Gasteiger partial charge in [0.1, 0.15) is 0 Å². The molecule has 0 bridgehead atoms.